The van der Waals surface area contributed by atoms with Crippen LogP contribution in [-0.2, 0) is 4.74 Å². The fraction of sp³-hybridized carbons (Fsp3) is 0.462. The molecule has 0 spiro atoms. The largest absolute Gasteiger partial charge is 0.423 e. The first-order chi connectivity index (χ1) is 9.09. The van der Waals surface area contributed by atoms with Crippen LogP contribution < -0.4 is 4.90 Å². The summed E-state index contributed by atoms with van der Waals surface area (Å²) in [4.78, 5) is 5.97. The molecule has 0 N–H and O–H groups in total. The van der Waals surface area contributed by atoms with Gasteiger partial charge in [-0.3, -0.25) is 0 Å². The Kier molecular flexibility index (Phi) is 2.89. The molecule has 0 saturated carbocycles. The first kappa shape index (κ1) is 12.3. The fourth-order valence-corrected chi connectivity index (χ4v) is 2.40. The van der Waals surface area contributed by atoms with Crippen molar-refractivity contribution < 1.29 is 17.9 Å². The van der Waals surface area contributed by atoms with Gasteiger partial charge in [-0.15, -0.1) is 0 Å². The monoisotopic (exact) mass is 268 g/mol. The third-order valence-corrected chi connectivity index (χ3v) is 3.32. The average molecular weight is 268 g/mol. The summed E-state index contributed by atoms with van der Waals surface area (Å²) in [6.07, 6.45) is 0.369. The van der Waals surface area contributed by atoms with E-state index in [0.717, 1.165) is 0 Å². The molecule has 0 bridgehead atoms. The molecule has 1 aliphatic heterocycles. The smallest absolute Gasteiger partial charge is 0.298 e. The molecule has 1 aromatic heterocycles. The number of hydrogen-bond acceptors (Lipinski definition) is 4. The summed E-state index contributed by atoms with van der Waals surface area (Å²) in [5.74, 6) is -0.379. The van der Waals surface area contributed by atoms with E-state index < -0.39 is 5.67 Å². The normalized spacial score (nSPS) is 23.4. The van der Waals surface area contributed by atoms with Gasteiger partial charge in [-0.1, -0.05) is 0 Å². The van der Waals surface area contributed by atoms with Crippen molar-refractivity contribution in [2.24, 2.45) is 0 Å². The van der Waals surface area contributed by atoms with Crippen molar-refractivity contribution in [1.29, 1.82) is 0 Å². The number of benzene rings is 1. The van der Waals surface area contributed by atoms with E-state index in [9.17, 15) is 8.78 Å². The lowest BCUT2D eigenvalue weighted by Gasteiger charge is -2.18. The number of halogens is 2. The second-order valence-corrected chi connectivity index (χ2v) is 4.86. The highest BCUT2D eigenvalue weighted by Crippen LogP contribution is 2.31. The molecule has 2 aromatic rings. The molecular weight excluding hydrogens is 254 g/mol. The number of rotatable bonds is 3. The highest BCUT2D eigenvalue weighted by molar-refractivity contribution is 5.74. The first-order valence-electron chi connectivity index (χ1n) is 6.09. The van der Waals surface area contributed by atoms with Crippen molar-refractivity contribution in [3.05, 3.63) is 24.0 Å². The molecule has 0 aliphatic carbocycles. The Balaban J connectivity index is 1.85. The van der Waals surface area contributed by atoms with Gasteiger partial charge in [-0.2, -0.15) is 4.98 Å². The van der Waals surface area contributed by atoms with Crippen molar-refractivity contribution in [3.63, 3.8) is 0 Å². The van der Waals surface area contributed by atoms with Crippen LogP contribution in [0.25, 0.3) is 11.1 Å². The molecule has 1 atom stereocenters. The average Bonchev–Trinajstić information content (AvgIpc) is 2.93. The molecule has 3 rings (SSSR count). The Morgan fingerprint density at radius 1 is 1.53 bits per heavy atom. The van der Waals surface area contributed by atoms with E-state index >= 15 is 0 Å². The summed E-state index contributed by atoms with van der Waals surface area (Å²) in [6, 6.07) is 4.48. The molecule has 2 heterocycles. The van der Waals surface area contributed by atoms with E-state index in [-0.39, 0.29) is 19.0 Å². The third-order valence-electron chi connectivity index (χ3n) is 3.32. The van der Waals surface area contributed by atoms with Crippen molar-refractivity contribution >= 4 is 17.1 Å². The minimum atomic E-state index is -1.37. The molecule has 1 fully saturated rings. The van der Waals surface area contributed by atoms with Crippen LogP contribution in [0.5, 0.6) is 0 Å². The zero-order valence-corrected chi connectivity index (χ0v) is 10.5. The van der Waals surface area contributed by atoms with Gasteiger partial charge in [0, 0.05) is 26.1 Å². The minimum absolute atomic E-state index is 0.0539. The summed E-state index contributed by atoms with van der Waals surface area (Å²) >= 11 is 0. The number of oxazole rings is 1. The maximum absolute atomic E-state index is 14.3. The number of nitrogens with zero attached hydrogens (tertiary/aromatic N) is 2. The van der Waals surface area contributed by atoms with E-state index in [0.29, 0.717) is 30.1 Å². The summed E-state index contributed by atoms with van der Waals surface area (Å²) in [5.41, 5.74) is -0.432. The lowest BCUT2D eigenvalue weighted by atomic mass is 10.1. The van der Waals surface area contributed by atoms with Crippen molar-refractivity contribution in [1.82, 2.24) is 4.98 Å². The van der Waals surface area contributed by atoms with Crippen LogP contribution >= 0.6 is 0 Å². The summed E-state index contributed by atoms with van der Waals surface area (Å²) in [7, 11) is 1.48. The summed E-state index contributed by atoms with van der Waals surface area (Å²) in [5, 5.41) is 0. The minimum Gasteiger partial charge on any atom is -0.423 e. The predicted molar refractivity (Wildman–Crippen MR) is 66.5 cm³/mol. The lowest BCUT2D eigenvalue weighted by Crippen LogP contribution is -2.33. The van der Waals surface area contributed by atoms with Crippen LogP contribution in [-0.4, -0.2) is 37.5 Å². The maximum Gasteiger partial charge on any atom is 0.298 e. The van der Waals surface area contributed by atoms with Crippen molar-refractivity contribution in [2.75, 3.05) is 31.7 Å². The third kappa shape index (κ3) is 2.28. The number of fused-ring (bicyclic) bond motifs is 1. The predicted octanol–water partition coefficient (Wildman–Crippen LogP) is 2.53. The highest BCUT2D eigenvalue weighted by Gasteiger charge is 2.40. The molecule has 0 radical (unpaired) electrons. The Morgan fingerprint density at radius 2 is 2.37 bits per heavy atom. The molecule has 102 valence electrons. The van der Waals surface area contributed by atoms with Crippen molar-refractivity contribution in [2.45, 2.75) is 12.1 Å². The quantitative estimate of drug-likeness (QED) is 0.857. The Hall–Kier alpha value is -1.69. The number of aromatic nitrogens is 1. The zero-order chi connectivity index (χ0) is 13.5. The van der Waals surface area contributed by atoms with Crippen LogP contribution in [0.2, 0.25) is 0 Å². The van der Waals surface area contributed by atoms with Gasteiger partial charge in [0.25, 0.3) is 6.01 Å². The van der Waals surface area contributed by atoms with Crippen molar-refractivity contribution in [3.8, 4) is 0 Å². The zero-order valence-electron chi connectivity index (χ0n) is 10.5. The first-order valence-corrected chi connectivity index (χ1v) is 6.09. The van der Waals surface area contributed by atoms with E-state index in [1.807, 2.05) is 0 Å². The molecular formula is C13H14F2N2O2. The second kappa shape index (κ2) is 4.45. The number of anilines is 1. The van der Waals surface area contributed by atoms with Crippen LogP contribution in [0.15, 0.2) is 22.6 Å². The van der Waals surface area contributed by atoms with Crippen LogP contribution in [0, 0.1) is 5.82 Å². The Morgan fingerprint density at radius 3 is 3.16 bits per heavy atom. The highest BCUT2D eigenvalue weighted by atomic mass is 19.1. The molecule has 1 saturated heterocycles. The van der Waals surface area contributed by atoms with E-state index in [1.54, 1.807) is 11.0 Å². The number of alkyl halides is 1. The Labute approximate surface area is 109 Å². The van der Waals surface area contributed by atoms with Gasteiger partial charge >= 0.3 is 0 Å². The summed E-state index contributed by atoms with van der Waals surface area (Å²) < 4.78 is 37.7. The molecule has 0 amide bonds. The van der Waals surface area contributed by atoms with Gasteiger partial charge in [0.2, 0.25) is 0 Å². The molecule has 4 nitrogen and oxygen atoms in total. The maximum atomic E-state index is 14.3. The van der Waals surface area contributed by atoms with E-state index in [4.69, 9.17) is 9.15 Å². The van der Waals surface area contributed by atoms with E-state index in [1.165, 1.54) is 19.2 Å². The van der Waals surface area contributed by atoms with Crippen LogP contribution in [0.1, 0.15) is 6.42 Å². The molecule has 1 aliphatic rings. The van der Waals surface area contributed by atoms with Gasteiger partial charge < -0.3 is 14.1 Å². The van der Waals surface area contributed by atoms with Gasteiger partial charge in [0.15, 0.2) is 11.3 Å². The molecule has 1 unspecified atom stereocenters. The van der Waals surface area contributed by atoms with Gasteiger partial charge in [0.05, 0.1) is 13.2 Å². The molecule has 19 heavy (non-hydrogen) atoms. The van der Waals surface area contributed by atoms with Crippen LogP contribution in [0.4, 0.5) is 14.8 Å². The number of methoxy groups -OCH3 is 1. The topological polar surface area (TPSA) is 38.5 Å². The van der Waals surface area contributed by atoms with Gasteiger partial charge in [0.1, 0.15) is 11.3 Å². The van der Waals surface area contributed by atoms with Gasteiger partial charge in [-0.25, -0.2) is 8.78 Å². The van der Waals surface area contributed by atoms with Crippen LogP contribution in [0.3, 0.4) is 0 Å². The summed E-state index contributed by atoms with van der Waals surface area (Å²) in [6.45, 7) is 0.740. The fourth-order valence-electron chi connectivity index (χ4n) is 2.40. The number of hydrogen-bond donors (Lipinski definition) is 0. The number of ether oxygens (including phenoxy) is 1. The molecule has 1 aromatic carbocycles. The SMILES string of the molecule is COCC1(F)CCN(c2nc3ccc(F)cc3o2)C1. The second-order valence-electron chi connectivity index (χ2n) is 4.86. The Bertz CT molecular complexity index is 601. The lowest BCUT2D eigenvalue weighted by molar-refractivity contribution is 0.0569. The molecule has 6 heteroatoms. The van der Waals surface area contributed by atoms with E-state index in [2.05, 4.69) is 4.98 Å². The standard InChI is InChI=1S/C13H14F2N2O2/c1-18-8-13(15)4-5-17(7-13)12-16-10-3-2-9(14)6-11(10)19-12/h2-3,6H,4-5,7-8H2,1H3. The van der Waals surface area contributed by atoms with Gasteiger partial charge in [-0.05, 0) is 12.1 Å².